The van der Waals surface area contributed by atoms with E-state index in [1.807, 2.05) is 0 Å². The van der Waals surface area contributed by atoms with Crippen LogP contribution in [0.1, 0.15) is 0 Å². The van der Waals surface area contributed by atoms with Gasteiger partial charge >= 0.3 is 5.97 Å². The molecule has 0 bridgehead atoms. The maximum atomic E-state index is 10.7. The van der Waals surface area contributed by atoms with Crippen LogP contribution in [0.4, 0.5) is 0 Å². The van der Waals surface area contributed by atoms with Gasteiger partial charge in [-0.05, 0) is 24.4 Å². The third-order valence-corrected chi connectivity index (χ3v) is 2.26. The Balaban J connectivity index is 2.50. The number of nitrogens with one attached hydrogen (secondary N) is 1. The first-order chi connectivity index (χ1) is 7.68. The van der Waals surface area contributed by atoms with Gasteiger partial charge in [-0.3, -0.25) is 19.4 Å². The Morgan fingerprint density at radius 2 is 2.38 bits per heavy atom. The summed E-state index contributed by atoms with van der Waals surface area (Å²) < 4.78 is 1.66. The molecule has 0 aromatic carbocycles. The summed E-state index contributed by atoms with van der Waals surface area (Å²) in [7, 11) is 0. The Morgan fingerprint density at radius 1 is 1.56 bits per heavy atom. The number of carbonyl (C=O) groups is 1. The number of aromatic nitrogens is 4. The van der Waals surface area contributed by atoms with E-state index in [9.17, 15) is 4.79 Å². The maximum Gasteiger partial charge on any atom is 0.323 e. The largest absolute Gasteiger partial charge is 0.480 e. The topological polar surface area (TPSA) is 83.8 Å². The number of hydrogen-bond acceptors (Lipinski definition) is 4. The van der Waals surface area contributed by atoms with Crippen molar-refractivity contribution in [3.05, 3.63) is 29.2 Å². The third kappa shape index (κ3) is 1.98. The lowest BCUT2D eigenvalue weighted by Gasteiger charge is -2.02. The van der Waals surface area contributed by atoms with E-state index in [-0.39, 0.29) is 11.3 Å². The number of aromatic amines is 1. The number of carboxylic acid groups (broad SMARTS) is 1. The molecule has 0 aliphatic rings. The third-order valence-electron chi connectivity index (χ3n) is 1.95. The molecule has 82 valence electrons. The van der Waals surface area contributed by atoms with Crippen molar-refractivity contribution in [1.82, 2.24) is 19.7 Å². The summed E-state index contributed by atoms with van der Waals surface area (Å²) in [5, 5.41) is 15.3. The van der Waals surface area contributed by atoms with Crippen LogP contribution in [0.3, 0.4) is 0 Å². The highest BCUT2D eigenvalue weighted by molar-refractivity contribution is 7.71. The number of H-pyrrole nitrogens is 1. The minimum Gasteiger partial charge on any atom is -0.480 e. The van der Waals surface area contributed by atoms with Crippen molar-refractivity contribution in [3.8, 4) is 11.5 Å². The molecule has 2 aromatic rings. The normalized spacial score (nSPS) is 10.2. The highest BCUT2D eigenvalue weighted by Crippen LogP contribution is 2.13. The fraction of sp³-hybridized carbons (Fsp3) is 0.111. The molecule has 0 saturated carbocycles. The Bertz CT molecular complexity index is 560. The summed E-state index contributed by atoms with van der Waals surface area (Å²) >= 11 is 4.95. The summed E-state index contributed by atoms with van der Waals surface area (Å²) in [6, 6.07) is 5.31. The molecule has 0 amide bonds. The Morgan fingerprint density at radius 3 is 3.00 bits per heavy atom. The minimum atomic E-state index is -0.977. The van der Waals surface area contributed by atoms with Gasteiger partial charge < -0.3 is 5.11 Å². The number of carboxylic acids is 1. The first-order valence-electron chi connectivity index (χ1n) is 4.47. The van der Waals surface area contributed by atoms with E-state index in [1.54, 1.807) is 24.4 Å². The van der Waals surface area contributed by atoms with Crippen LogP contribution >= 0.6 is 12.2 Å². The van der Waals surface area contributed by atoms with Crippen LogP contribution in [0.25, 0.3) is 11.5 Å². The van der Waals surface area contributed by atoms with Gasteiger partial charge in [0.15, 0.2) is 10.6 Å². The standard InChI is InChI=1S/C9H8N4O2S/c14-7(15)5-13-8(11-12-9(13)16)6-3-1-2-4-10-6/h1-4H,5H2,(H,12,16)(H,14,15). The average molecular weight is 236 g/mol. The summed E-state index contributed by atoms with van der Waals surface area (Å²) in [5.74, 6) is -0.553. The predicted molar refractivity (Wildman–Crippen MR) is 58.3 cm³/mol. The number of rotatable bonds is 3. The van der Waals surface area contributed by atoms with E-state index in [4.69, 9.17) is 17.3 Å². The molecule has 0 spiro atoms. The smallest absolute Gasteiger partial charge is 0.323 e. The van der Waals surface area contributed by atoms with Crippen LogP contribution < -0.4 is 0 Å². The van der Waals surface area contributed by atoms with Crippen LogP contribution in [0.2, 0.25) is 0 Å². The van der Waals surface area contributed by atoms with E-state index in [2.05, 4.69) is 15.2 Å². The van der Waals surface area contributed by atoms with Crippen LogP contribution in [0.5, 0.6) is 0 Å². The zero-order valence-electron chi connectivity index (χ0n) is 8.12. The van der Waals surface area contributed by atoms with Crippen LogP contribution in [0.15, 0.2) is 24.4 Å². The Kier molecular flexibility index (Phi) is 2.78. The second-order valence-electron chi connectivity index (χ2n) is 3.05. The number of nitrogens with zero attached hydrogens (tertiary/aromatic N) is 3. The highest BCUT2D eigenvalue weighted by atomic mass is 32.1. The molecule has 0 fully saturated rings. The summed E-state index contributed by atoms with van der Waals surface area (Å²) in [5.41, 5.74) is 0.580. The first kappa shape index (κ1) is 10.5. The first-order valence-corrected chi connectivity index (χ1v) is 4.87. The van der Waals surface area contributed by atoms with Crippen molar-refractivity contribution in [1.29, 1.82) is 0 Å². The summed E-state index contributed by atoms with van der Waals surface area (Å²) in [6.07, 6.45) is 1.61. The second-order valence-corrected chi connectivity index (χ2v) is 3.43. The number of aliphatic carboxylic acids is 1. The van der Waals surface area contributed by atoms with E-state index in [0.717, 1.165) is 0 Å². The van der Waals surface area contributed by atoms with Gasteiger partial charge in [-0.25, -0.2) is 0 Å². The minimum absolute atomic E-state index is 0.235. The van der Waals surface area contributed by atoms with Crippen LogP contribution in [0, 0.1) is 4.77 Å². The lowest BCUT2D eigenvalue weighted by atomic mass is 10.3. The monoisotopic (exact) mass is 236 g/mol. The van der Waals surface area contributed by atoms with Gasteiger partial charge in [0.05, 0.1) is 0 Å². The van der Waals surface area contributed by atoms with Crippen molar-refractivity contribution >= 4 is 18.2 Å². The van der Waals surface area contributed by atoms with Crippen molar-refractivity contribution < 1.29 is 9.90 Å². The molecule has 0 radical (unpaired) electrons. The van der Waals surface area contributed by atoms with Crippen molar-refractivity contribution in [2.75, 3.05) is 0 Å². The van der Waals surface area contributed by atoms with Crippen molar-refractivity contribution in [2.45, 2.75) is 6.54 Å². The van der Waals surface area contributed by atoms with Gasteiger partial charge in [0, 0.05) is 6.20 Å². The molecule has 2 heterocycles. The van der Waals surface area contributed by atoms with Gasteiger partial charge in [0.2, 0.25) is 0 Å². The van der Waals surface area contributed by atoms with Crippen LogP contribution in [-0.2, 0) is 11.3 Å². The lowest BCUT2D eigenvalue weighted by molar-refractivity contribution is -0.137. The Hall–Kier alpha value is -2.02. The molecule has 2 rings (SSSR count). The molecule has 2 N–H and O–H groups in total. The molecule has 6 nitrogen and oxygen atoms in total. The molecule has 16 heavy (non-hydrogen) atoms. The molecule has 0 aliphatic carbocycles. The van der Waals surface area contributed by atoms with Gasteiger partial charge in [-0.2, -0.15) is 5.10 Å². The quantitative estimate of drug-likeness (QED) is 0.779. The second kappa shape index (κ2) is 4.23. The summed E-state index contributed by atoms with van der Waals surface area (Å²) in [4.78, 5) is 14.8. The molecule has 0 atom stereocenters. The predicted octanol–water partition coefficient (Wildman–Crippen LogP) is 1.09. The molecule has 2 aromatic heterocycles. The fourth-order valence-electron chi connectivity index (χ4n) is 1.29. The zero-order chi connectivity index (χ0) is 11.5. The van der Waals surface area contributed by atoms with Gasteiger partial charge in [-0.15, -0.1) is 0 Å². The molecule has 7 heteroatoms. The molecule has 0 aliphatic heterocycles. The van der Waals surface area contributed by atoms with E-state index < -0.39 is 5.97 Å². The molecule has 0 saturated heterocycles. The summed E-state index contributed by atoms with van der Waals surface area (Å²) in [6.45, 7) is -0.235. The SMILES string of the molecule is O=C(O)Cn1c(-c2ccccn2)n[nH]c1=S. The van der Waals surface area contributed by atoms with Gasteiger partial charge in [0.25, 0.3) is 0 Å². The molecular formula is C9H8N4O2S. The maximum absolute atomic E-state index is 10.7. The van der Waals surface area contributed by atoms with E-state index in [1.165, 1.54) is 4.57 Å². The van der Waals surface area contributed by atoms with Gasteiger partial charge in [0.1, 0.15) is 12.2 Å². The fourth-order valence-corrected chi connectivity index (χ4v) is 1.49. The number of pyridine rings is 1. The molecule has 0 unspecified atom stereocenters. The van der Waals surface area contributed by atoms with E-state index >= 15 is 0 Å². The Labute approximate surface area is 95.6 Å². The van der Waals surface area contributed by atoms with E-state index in [0.29, 0.717) is 11.5 Å². The average Bonchev–Trinajstić information content (AvgIpc) is 2.61. The number of hydrogen-bond donors (Lipinski definition) is 2. The zero-order valence-corrected chi connectivity index (χ0v) is 8.94. The van der Waals surface area contributed by atoms with Crippen LogP contribution in [-0.4, -0.2) is 30.8 Å². The van der Waals surface area contributed by atoms with Gasteiger partial charge in [-0.1, -0.05) is 6.07 Å². The van der Waals surface area contributed by atoms with Crippen molar-refractivity contribution in [3.63, 3.8) is 0 Å². The highest BCUT2D eigenvalue weighted by Gasteiger charge is 2.11. The lowest BCUT2D eigenvalue weighted by Crippen LogP contribution is -2.10. The molecular weight excluding hydrogens is 228 g/mol. The van der Waals surface area contributed by atoms with Crippen molar-refractivity contribution in [2.24, 2.45) is 0 Å².